The Kier molecular flexibility index (Phi) is 5.02. The summed E-state index contributed by atoms with van der Waals surface area (Å²) in [6.45, 7) is 0.152. The van der Waals surface area contributed by atoms with Crippen LogP contribution < -0.4 is 29.6 Å². The van der Waals surface area contributed by atoms with Gasteiger partial charge in [0.25, 0.3) is 5.91 Å². The van der Waals surface area contributed by atoms with Crippen molar-refractivity contribution in [3.8, 4) is 23.0 Å². The third-order valence-electron chi connectivity index (χ3n) is 4.21. The molecule has 0 fully saturated rings. The first-order valence-electron chi connectivity index (χ1n) is 8.70. The number of nitrogens with one attached hydrogen (secondary N) is 2. The maximum atomic E-state index is 12.4. The van der Waals surface area contributed by atoms with Crippen molar-refractivity contribution in [1.82, 2.24) is 10.2 Å². The first-order valence-corrected chi connectivity index (χ1v) is 8.70. The van der Waals surface area contributed by atoms with E-state index in [1.807, 2.05) is 6.07 Å². The number of amides is 1. The van der Waals surface area contributed by atoms with Crippen molar-refractivity contribution in [2.75, 3.05) is 31.6 Å². The molecule has 0 aliphatic carbocycles. The van der Waals surface area contributed by atoms with E-state index >= 15 is 0 Å². The first-order chi connectivity index (χ1) is 14.2. The third kappa shape index (κ3) is 3.98. The fourth-order valence-electron chi connectivity index (χ4n) is 2.73. The lowest BCUT2D eigenvalue weighted by atomic mass is 10.2. The molecule has 3 aromatic rings. The highest BCUT2D eigenvalue weighted by molar-refractivity contribution is 6.04. The minimum atomic E-state index is -0.324. The van der Waals surface area contributed by atoms with Gasteiger partial charge in [-0.1, -0.05) is 0 Å². The molecule has 148 valence electrons. The van der Waals surface area contributed by atoms with Crippen LogP contribution in [0.2, 0.25) is 0 Å². The van der Waals surface area contributed by atoms with Crippen LogP contribution in [0, 0.1) is 0 Å². The zero-order chi connectivity index (χ0) is 20.2. The monoisotopic (exact) mass is 394 g/mol. The van der Waals surface area contributed by atoms with Crippen molar-refractivity contribution < 1.29 is 23.7 Å². The van der Waals surface area contributed by atoms with Crippen molar-refractivity contribution in [2.24, 2.45) is 0 Å². The zero-order valence-corrected chi connectivity index (χ0v) is 15.8. The van der Waals surface area contributed by atoms with Crippen LogP contribution in [-0.2, 0) is 0 Å². The number of hydrogen-bond donors (Lipinski definition) is 2. The molecule has 0 saturated heterocycles. The number of aromatic nitrogens is 2. The van der Waals surface area contributed by atoms with Gasteiger partial charge in [0.1, 0.15) is 11.5 Å². The second-order valence-corrected chi connectivity index (χ2v) is 6.02. The van der Waals surface area contributed by atoms with E-state index in [0.29, 0.717) is 45.9 Å². The van der Waals surface area contributed by atoms with E-state index in [2.05, 4.69) is 20.8 Å². The van der Waals surface area contributed by atoms with Crippen LogP contribution in [0.25, 0.3) is 0 Å². The van der Waals surface area contributed by atoms with Crippen LogP contribution >= 0.6 is 0 Å². The maximum Gasteiger partial charge on any atom is 0.257 e. The van der Waals surface area contributed by atoms with Gasteiger partial charge in [0.15, 0.2) is 23.1 Å². The Morgan fingerprint density at radius 1 is 0.931 bits per heavy atom. The summed E-state index contributed by atoms with van der Waals surface area (Å²) in [5.74, 6) is 2.93. The van der Waals surface area contributed by atoms with Crippen LogP contribution in [0.15, 0.2) is 48.5 Å². The summed E-state index contributed by atoms with van der Waals surface area (Å²) in [5, 5.41) is 13.9. The standard InChI is InChI=1S/C20H18N4O5/c1-26-13-4-5-14(16(10-13)27-2)21-18-7-8-19(24-23-18)22-20(25)12-3-6-15-17(9-12)29-11-28-15/h3-10H,11H2,1-2H3,(H,21,23)(H,22,24,25). The molecule has 4 rings (SSSR count). The van der Waals surface area contributed by atoms with Crippen LogP contribution in [-0.4, -0.2) is 37.1 Å². The van der Waals surface area contributed by atoms with Gasteiger partial charge in [0.05, 0.1) is 19.9 Å². The molecule has 1 amide bonds. The molecule has 0 bridgehead atoms. The van der Waals surface area contributed by atoms with E-state index in [1.165, 1.54) is 0 Å². The predicted molar refractivity (Wildman–Crippen MR) is 105 cm³/mol. The molecule has 0 unspecified atom stereocenters. The summed E-state index contributed by atoms with van der Waals surface area (Å²) < 4.78 is 21.1. The SMILES string of the molecule is COc1ccc(Nc2ccc(NC(=O)c3ccc4c(c3)OCO4)nn2)c(OC)c1. The summed E-state index contributed by atoms with van der Waals surface area (Å²) in [7, 11) is 3.16. The number of anilines is 3. The Bertz CT molecular complexity index is 1040. The molecule has 9 nitrogen and oxygen atoms in total. The average molecular weight is 394 g/mol. The lowest BCUT2D eigenvalue weighted by molar-refractivity contribution is 0.102. The molecule has 2 N–H and O–H groups in total. The van der Waals surface area contributed by atoms with Gasteiger partial charge in [-0.15, -0.1) is 10.2 Å². The maximum absolute atomic E-state index is 12.4. The van der Waals surface area contributed by atoms with Crippen molar-refractivity contribution in [2.45, 2.75) is 0 Å². The highest BCUT2D eigenvalue weighted by atomic mass is 16.7. The van der Waals surface area contributed by atoms with Gasteiger partial charge in [-0.2, -0.15) is 0 Å². The Hall–Kier alpha value is -4.01. The van der Waals surface area contributed by atoms with Crippen molar-refractivity contribution in [3.63, 3.8) is 0 Å². The molecule has 0 spiro atoms. The number of nitrogens with zero attached hydrogens (tertiary/aromatic N) is 2. The van der Waals surface area contributed by atoms with Crippen LogP contribution in [0.5, 0.6) is 23.0 Å². The number of methoxy groups -OCH3 is 2. The Morgan fingerprint density at radius 2 is 1.72 bits per heavy atom. The van der Waals surface area contributed by atoms with E-state index in [-0.39, 0.29) is 12.7 Å². The molecular formula is C20H18N4O5. The minimum absolute atomic E-state index is 0.152. The van der Waals surface area contributed by atoms with Crippen LogP contribution in [0.1, 0.15) is 10.4 Å². The molecule has 9 heteroatoms. The Labute approximate surface area is 166 Å². The van der Waals surface area contributed by atoms with Gasteiger partial charge in [0, 0.05) is 11.6 Å². The Balaban J connectivity index is 1.43. The fourth-order valence-corrected chi connectivity index (χ4v) is 2.73. The van der Waals surface area contributed by atoms with E-state index < -0.39 is 0 Å². The molecule has 0 atom stereocenters. The summed E-state index contributed by atoms with van der Waals surface area (Å²) >= 11 is 0. The summed E-state index contributed by atoms with van der Waals surface area (Å²) in [5.41, 5.74) is 1.14. The molecular weight excluding hydrogens is 376 g/mol. The Morgan fingerprint density at radius 3 is 2.48 bits per heavy atom. The van der Waals surface area contributed by atoms with Crippen molar-refractivity contribution in [3.05, 3.63) is 54.1 Å². The second kappa shape index (κ2) is 7.93. The molecule has 2 heterocycles. The third-order valence-corrected chi connectivity index (χ3v) is 4.21. The lowest BCUT2D eigenvalue weighted by Gasteiger charge is -2.12. The van der Waals surface area contributed by atoms with Gasteiger partial charge in [-0.05, 0) is 42.5 Å². The van der Waals surface area contributed by atoms with Crippen LogP contribution in [0.4, 0.5) is 17.3 Å². The number of fused-ring (bicyclic) bond motifs is 1. The summed E-state index contributed by atoms with van der Waals surface area (Å²) in [6, 6.07) is 13.7. The van der Waals surface area contributed by atoms with Gasteiger partial charge in [0.2, 0.25) is 6.79 Å². The van der Waals surface area contributed by atoms with Crippen LogP contribution in [0.3, 0.4) is 0 Å². The fraction of sp³-hybridized carbons (Fsp3) is 0.150. The smallest absolute Gasteiger partial charge is 0.257 e. The number of rotatable bonds is 6. The predicted octanol–water partition coefficient (Wildman–Crippen LogP) is 3.22. The van der Waals surface area contributed by atoms with E-state index in [4.69, 9.17) is 18.9 Å². The molecule has 0 saturated carbocycles. The molecule has 1 aliphatic rings. The first kappa shape index (κ1) is 18.4. The highest BCUT2D eigenvalue weighted by Crippen LogP contribution is 2.33. The molecule has 1 aromatic heterocycles. The number of hydrogen-bond acceptors (Lipinski definition) is 8. The summed E-state index contributed by atoms with van der Waals surface area (Å²) in [6.07, 6.45) is 0. The topological polar surface area (TPSA) is 104 Å². The molecule has 2 aromatic carbocycles. The number of ether oxygens (including phenoxy) is 4. The minimum Gasteiger partial charge on any atom is -0.497 e. The second-order valence-electron chi connectivity index (χ2n) is 6.02. The van der Waals surface area contributed by atoms with Gasteiger partial charge >= 0.3 is 0 Å². The largest absolute Gasteiger partial charge is 0.497 e. The number of carbonyl (C=O) groups excluding carboxylic acids is 1. The van der Waals surface area contributed by atoms with Gasteiger partial charge < -0.3 is 29.6 Å². The average Bonchev–Trinajstić information content (AvgIpc) is 3.23. The van der Waals surface area contributed by atoms with E-state index in [9.17, 15) is 4.79 Å². The van der Waals surface area contributed by atoms with E-state index in [0.717, 1.165) is 0 Å². The molecule has 29 heavy (non-hydrogen) atoms. The summed E-state index contributed by atoms with van der Waals surface area (Å²) in [4.78, 5) is 12.4. The highest BCUT2D eigenvalue weighted by Gasteiger charge is 2.16. The molecule has 1 aliphatic heterocycles. The normalized spacial score (nSPS) is 11.7. The van der Waals surface area contributed by atoms with Crippen molar-refractivity contribution in [1.29, 1.82) is 0 Å². The quantitative estimate of drug-likeness (QED) is 0.657. The molecule has 0 radical (unpaired) electrons. The lowest BCUT2D eigenvalue weighted by Crippen LogP contribution is -2.13. The number of benzene rings is 2. The van der Waals surface area contributed by atoms with Gasteiger partial charge in [-0.25, -0.2) is 0 Å². The number of carbonyl (C=O) groups is 1. The van der Waals surface area contributed by atoms with E-state index in [1.54, 1.807) is 56.7 Å². The van der Waals surface area contributed by atoms with Gasteiger partial charge in [-0.3, -0.25) is 4.79 Å². The van der Waals surface area contributed by atoms with Crippen molar-refractivity contribution >= 4 is 23.2 Å². The zero-order valence-electron chi connectivity index (χ0n) is 15.8.